The summed E-state index contributed by atoms with van der Waals surface area (Å²) >= 11 is 0. The number of para-hydroxylation sites is 2. The van der Waals surface area contributed by atoms with Crippen LogP contribution in [-0.2, 0) is 0 Å². The summed E-state index contributed by atoms with van der Waals surface area (Å²) in [5, 5.41) is 39.6. The third-order valence-electron chi connectivity index (χ3n) is 3.50. The van der Waals surface area contributed by atoms with Crippen molar-refractivity contribution in [3.05, 3.63) is 60.7 Å². The molecule has 22 heavy (non-hydrogen) atoms. The second kappa shape index (κ2) is 5.33. The Morgan fingerprint density at radius 1 is 0.500 bits per heavy atom. The number of benzene rings is 3. The highest BCUT2D eigenvalue weighted by Crippen LogP contribution is 2.43. The average molecular weight is 294 g/mol. The van der Waals surface area contributed by atoms with Crippen molar-refractivity contribution < 1.29 is 20.4 Å². The van der Waals surface area contributed by atoms with Gasteiger partial charge in [0.25, 0.3) is 0 Å². The first-order valence-corrected chi connectivity index (χ1v) is 6.70. The Labute approximate surface area is 127 Å². The molecule has 3 aromatic rings. The number of rotatable bonds is 2. The van der Waals surface area contributed by atoms with Gasteiger partial charge in [-0.05, 0) is 41.5 Å². The molecule has 110 valence electrons. The van der Waals surface area contributed by atoms with Crippen molar-refractivity contribution in [1.29, 1.82) is 0 Å². The lowest BCUT2D eigenvalue weighted by atomic mass is 9.93. The minimum absolute atomic E-state index is 0.0432. The van der Waals surface area contributed by atoms with Crippen molar-refractivity contribution in [2.45, 2.75) is 0 Å². The minimum atomic E-state index is -0.245. The second-order valence-electron chi connectivity index (χ2n) is 4.92. The maximum absolute atomic E-state index is 10.1. The number of phenolic OH excluding ortho intramolecular Hbond substituents is 4. The van der Waals surface area contributed by atoms with Gasteiger partial charge in [-0.25, -0.2) is 0 Å². The van der Waals surface area contributed by atoms with Crippen LogP contribution in [0, 0.1) is 0 Å². The van der Waals surface area contributed by atoms with Crippen LogP contribution in [0.25, 0.3) is 22.3 Å². The van der Waals surface area contributed by atoms with Crippen LogP contribution in [-0.4, -0.2) is 20.4 Å². The van der Waals surface area contributed by atoms with Crippen LogP contribution in [0.5, 0.6) is 23.0 Å². The van der Waals surface area contributed by atoms with E-state index in [1.165, 1.54) is 18.2 Å². The van der Waals surface area contributed by atoms with Gasteiger partial charge in [0.1, 0.15) is 11.5 Å². The maximum atomic E-state index is 10.1. The zero-order valence-corrected chi connectivity index (χ0v) is 11.6. The molecule has 0 heterocycles. The van der Waals surface area contributed by atoms with Gasteiger partial charge in [-0.1, -0.05) is 30.3 Å². The van der Waals surface area contributed by atoms with E-state index in [0.29, 0.717) is 22.3 Å². The van der Waals surface area contributed by atoms with Gasteiger partial charge in [-0.2, -0.15) is 0 Å². The Bertz CT molecular complexity index is 840. The molecule has 0 aliphatic heterocycles. The van der Waals surface area contributed by atoms with Crippen molar-refractivity contribution >= 4 is 0 Å². The van der Waals surface area contributed by atoms with E-state index in [-0.39, 0.29) is 23.0 Å². The molecule has 4 heteroatoms. The second-order valence-corrected chi connectivity index (χ2v) is 4.92. The van der Waals surface area contributed by atoms with Gasteiger partial charge in [0, 0.05) is 11.1 Å². The topological polar surface area (TPSA) is 80.9 Å². The van der Waals surface area contributed by atoms with Crippen LogP contribution in [0.4, 0.5) is 0 Å². The molecule has 4 N–H and O–H groups in total. The van der Waals surface area contributed by atoms with E-state index in [1.54, 1.807) is 42.5 Å². The summed E-state index contributed by atoms with van der Waals surface area (Å²) in [6, 6.07) is 16.0. The van der Waals surface area contributed by atoms with Gasteiger partial charge in [-0.3, -0.25) is 0 Å². The first-order valence-electron chi connectivity index (χ1n) is 6.70. The molecule has 0 amide bonds. The molecule has 0 bridgehead atoms. The van der Waals surface area contributed by atoms with Crippen LogP contribution >= 0.6 is 0 Å². The summed E-state index contributed by atoms with van der Waals surface area (Å²) in [4.78, 5) is 0. The SMILES string of the molecule is Oc1ccc(-c2cccc(O)c2O)c(-c2ccccc2O)c1. The Morgan fingerprint density at radius 3 is 1.95 bits per heavy atom. The van der Waals surface area contributed by atoms with Gasteiger partial charge >= 0.3 is 0 Å². The highest BCUT2D eigenvalue weighted by Gasteiger charge is 2.15. The summed E-state index contributed by atoms with van der Waals surface area (Å²) in [7, 11) is 0. The molecule has 0 aliphatic rings. The molecule has 0 spiro atoms. The highest BCUT2D eigenvalue weighted by molar-refractivity contribution is 5.89. The van der Waals surface area contributed by atoms with Crippen LogP contribution in [0.15, 0.2) is 60.7 Å². The third kappa shape index (κ3) is 2.31. The average Bonchev–Trinajstić information content (AvgIpc) is 2.51. The van der Waals surface area contributed by atoms with Crippen molar-refractivity contribution in [2.75, 3.05) is 0 Å². The minimum Gasteiger partial charge on any atom is -0.508 e. The molecule has 3 rings (SSSR count). The van der Waals surface area contributed by atoms with Crippen LogP contribution in [0.2, 0.25) is 0 Å². The van der Waals surface area contributed by atoms with Crippen LogP contribution in [0.3, 0.4) is 0 Å². The van der Waals surface area contributed by atoms with E-state index in [2.05, 4.69) is 0 Å². The van der Waals surface area contributed by atoms with Crippen molar-refractivity contribution in [3.8, 4) is 45.3 Å². The predicted octanol–water partition coefficient (Wildman–Crippen LogP) is 3.84. The predicted molar refractivity (Wildman–Crippen MR) is 84.0 cm³/mol. The Kier molecular flexibility index (Phi) is 3.35. The fourth-order valence-corrected chi connectivity index (χ4v) is 2.44. The van der Waals surface area contributed by atoms with Gasteiger partial charge in [0.2, 0.25) is 0 Å². The van der Waals surface area contributed by atoms with Gasteiger partial charge in [0.15, 0.2) is 11.5 Å². The smallest absolute Gasteiger partial charge is 0.165 e. The van der Waals surface area contributed by atoms with E-state index in [4.69, 9.17) is 0 Å². The van der Waals surface area contributed by atoms with E-state index < -0.39 is 0 Å². The van der Waals surface area contributed by atoms with E-state index in [0.717, 1.165) is 0 Å². The standard InChI is InChI=1S/C18H14O4/c19-11-8-9-12(14-5-3-7-17(21)18(14)22)15(10-11)13-4-1-2-6-16(13)20/h1-10,19-22H. The summed E-state index contributed by atoms with van der Waals surface area (Å²) in [6.07, 6.45) is 0. The summed E-state index contributed by atoms with van der Waals surface area (Å²) < 4.78 is 0. The molecular formula is C18H14O4. The summed E-state index contributed by atoms with van der Waals surface area (Å²) in [5.41, 5.74) is 2.08. The Balaban J connectivity index is 2.30. The molecule has 0 aromatic heterocycles. The molecule has 0 saturated heterocycles. The van der Waals surface area contributed by atoms with Crippen molar-refractivity contribution in [3.63, 3.8) is 0 Å². The van der Waals surface area contributed by atoms with Gasteiger partial charge in [-0.15, -0.1) is 0 Å². The molecule has 0 unspecified atom stereocenters. The number of hydrogen-bond donors (Lipinski definition) is 4. The van der Waals surface area contributed by atoms with Crippen molar-refractivity contribution in [2.24, 2.45) is 0 Å². The van der Waals surface area contributed by atoms with E-state index in [9.17, 15) is 20.4 Å². The fraction of sp³-hybridized carbons (Fsp3) is 0. The maximum Gasteiger partial charge on any atom is 0.165 e. The zero-order valence-electron chi connectivity index (χ0n) is 11.6. The largest absolute Gasteiger partial charge is 0.508 e. The summed E-state index contributed by atoms with van der Waals surface area (Å²) in [5.74, 6) is -0.366. The molecular weight excluding hydrogens is 280 g/mol. The van der Waals surface area contributed by atoms with E-state index in [1.807, 2.05) is 0 Å². The first kappa shape index (κ1) is 13.8. The monoisotopic (exact) mass is 294 g/mol. The molecule has 3 aromatic carbocycles. The highest BCUT2D eigenvalue weighted by atomic mass is 16.3. The molecule has 4 nitrogen and oxygen atoms in total. The molecule has 0 fully saturated rings. The Hall–Kier alpha value is -3.14. The lowest BCUT2D eigenvalue weighted by Gasteiger charge is -2.13. The van der Waals surface area contributed by atoms with Crippen LogP contribution < -0.4 is 0 Å². The lowest BCUT2D eigenvalue weighted by molar-refractivity contribution is 0.405. The summed E-state index contributed by atoms with van der Waals surface area (Å²) in [6.45, 7) is 0. The van der Waals surface area contributed by atoms with Gasteiger partial charge < -0.3 is 20.4 Å². The first-order chi connectivity index (χ1) is 10.6. The molecule has 0 saturated carbocycles. The normalized spacial score (nSPS) is 10.5. The fourth-order valence-electron chi connectivity index (χ4n) is 2.44. The lowest BCUT2D eigenvalue weighted by Crippen LogP contribution is -1.87. The quantitative estimate of drug-likeness (QED) is 0.541. The number of aromatic hydroxyl groups is 4. The third-order valence-corrected chi connectivity index (χ3v) is 3.50. The molecule has 0 aliphatic carbocycles. The number of phenols is 4. The zero-order chi connectivity index (χ0) is 15.7. The molecule has 0 radical (unpaired) electrons. The van der Waals surface area contributed by atoms with Crippen molar-refractivity contribution in [1.82, 2.24) is 0 Å². The van der Waals surface area contributed by atoms with Crippen LogP contribution in [0.1, 0.15) is 0 Å². The van der Waals surface area contributed by atoms with E-state index >= 15 is 0 Å². The Morgan fingerprint density at radius 2 is 1.18 bits per heavy atom. The molecule has 0 atom stereocenters. The number of hydrogen-bond acceptors (Lipinski definition) is 4. The van der Waals surface area contributed by atoms with Gasteiger partial charge in [0.05, 0.1) is 0 Å².